The van der Waals surface area contributed by atoms with Crippen LogP contribution in [-0.4, -0.2) is 19.6 Å². The van der Waals surface area contributed by atoms with Crippen LogP contribution in [-0.2, 0) is 5.41 Å². The van der Waals surface area contributed by atoms with Crippen LogP contribution in [0.25, 0.3) is 0 Å². The van der Waals surface area contributed by atoms with E-state index in [1.54, 1.807) is 6.07 Å². The van der Waals surface area contributed by atoms with E-state index in [2.05, 4.69) is 15.9 Å². The maximum atomic E-state index is 11.0. The van der Waals surface area contributed by atoms with Crippen LogP contribution < -0.4 is 15.2 Å². The Labute approximate surface area is 107 Å². The number of rotatable bonds is 3. The summed E-state index contributed by atoms with van der Waals surface area (Å²) in [6.07, 6.45) is 2.89. The zero-order valence-electron chi connectivity index (χ0n) is 9.16. The normalized spacial score (nSPS) is 19.2. The SMILES string of the molecule is NCC1(c2c(Br)cc(C=O)c3c2OCO3)CC1. The molecule has 2 aliphatic rings. The van der Waals surface area contributed by atoms with E-state index in [1.165, 1.54) is 0 Å². The topological polar surface area (TPSA) is 61.6 Å². The van der Waals surface area contributed by atoms with Crippen LogP contribution in [0.4, 0.5) is 0 Å². The Kier molecular flexibility index (Phi) is 2.41. The minimum Gasteiger partial charge on any atom is -0.453 e. The minimum atomic E-state index is -0.00195. The van der Waals surface area contributed by atoms with Gasteiger partial charge in [-0.25, -0.2) is 0 Å². The van der Waals surface area contributed by atoms with Gasteiger partial charge in [-0.05, 0) is 18.9 Å². The van der Waals surface area contributed by atoms with Gasteiger partial charge >= 0.3 is 0 Å². The summed E-state index contributed by atoms with van der Waals surface area (Å²) in [5.74, 6) is 1.24. The molecule has 5 heteroatoms. The molecule has 0 unspecified atom stereocenters. The fourth-order valence-corrected chi connectivity index (χ4v) is 3.20. The van der Waals surface area contributed by atoms with Crippen LogP contribution in [0.1, 0.15) is 28.8 Å². The summed E-state index contributed by atoms with van der Waals surface area (Å²) in [5.41, 5.74) is 7.41. The number of fused-ring (bicyclic) bond motifs is 1. The monoisotopic (exact) mass is 297 g/mol. The molecule has 17 heavy (non-hydrogen) atoms. The van der Waals surface area contributed by atoms with E-state index in [9.17, 15) is 4.79 Å². The Hall–Kier alpha value is -1.07. The van der Waals surface area contributed by atoms with Gasteiger partial charge in [0.2, 0.25) is 6.79 Å². The summed E-state index contributed by atoms with van der Waals surface area (Å²) >= 11 is 3.51. The lowest BCUT2D eigenvalue weighted by atomic mass is 9.93. The number of hydrogen-bond donors (Lipinski definition) is 1. The van der Waals surface area contributed by atoms with Gasteiger partial charge in [-0.1, -0.05) is 15.9 Å². The summed E-state index contributed by atoms with van der Waals surface area (Å²) in [4.78, 5) is 11.0. The van der Waals surface area contributed by atoms with E-state index in [0.717, 1.165) is 29.2 Å². The van der Waals surface area contributed by atoms with Crippen LogP contribution >= 0.6 is 15.9 Å². The molecule has 0 spiro atoms. The molecule has 1 aromatic carbocycles. The molecular weight excluding hydrogens is 286 g/mol. The lowest BCUT2D eigenvalue weighted by Crippen LogP contribution is -2.21. The molecule has 0 saturated heterocycles. The number of halogens is 1. The van der Waals surface area contributed by atoms with E-state index >= 15 is 0 Å². The van der Waals surface area contributed by atoms with Crippen LogP contribution in [0.2, 0.25) is 0 Å². The van der Waals surface area contributed by atoms with Crippen molar-refractivity contribution in [1.29, 1.82) is 0 Å². The molecule has 0 aromatic heterocycles. The van der Waals surface area contributed by atoms with E-state index in [4.69, 9.17) is 15.2 Å². The summed E-state index contributed by atoms with van der Waals surface area (Å²) in [7, 11) is 0. The highest BCUT2D eigenvalue weighted by molar-refractivity contribution is 9.10. The van der Waals surface area contributed by atoms with Gasteiger partial charge in [0.1, 0.15) is 0 Å². The molecule has 1 aliphatic carbocycles. The van der Waals surface area contributed by atoms with Crippen molar-refractivity contribution < 1.29 is 14.3 Å². The maximum Gasteiger partial charge on any atom is 0.231 e. The molecule has 0 radical (unpaired) electrons. The van der Waals surface area contributed by atoms with E-state index in [0.29, 0.717) is 23.6 Å². The molecule has 1 aliphatic heterocycles. The highest BCUT2D eigenvalue weighted by Crippen LogP contribution is 2.56. The van der Waals surface area contributed by atoms with Gasteiger partial charge in [0, 0.05) is 22.0 Å². The van der Waals surface area contributed by atoms with Gasteiger partial charge in [-0.2, -0.15) is 0 Å². The van der Waals surface area contributed by atoms with Gasteiger partial charge in [-0.15, -0.1) is 0 Å². The van der Waals surface area contributed by atoms with Crippen molar-refractivity contribution in [3.63, 3.8) is 0 Å². The average Bonchev–Trinajstić information content (AvgIpc) is 2.97. The number of ether oxygens (including phenoxy) is 2. The first kappa shape index (κ1) is 11.0. The first-order valence-electron chi connectivity index (χ1n) is 5.50. The van der Waals surface area contributed by atoms with Crippen LogP contribution in [0.5, 0.6) is 11.5 Å². The fraction of sp³-hybridized carbons (Fsp3) is 0.417. The highest BCUT2D eigenvalue weighted by Gasteiger charge is 2.48. The second kappa shape index (κ2) is 3.71. The lowest BCUT2D eigenvalue weighted by Gasteiger charge is -2.18. The smallest absolute Gasteiger partial charge is 0.231 e. The zero-order chi connectivity index (χ0) is 12.0. The number of hydrogen-bond acceptors (Lipinski definition) is 4. The molecule has 3 rings (SSSR count). The molecule has 1 aromatic rings. The fourth-order valence-electron chi connectivity index (χ4n) is 2.35. The van der Waals surface area contributed by atoms with Gasteiger partial charge in [0.15, 0.2) is 17.8 Å². The van der Waals surface area contributed by atoms with Crippen molar-refractivity contribution >= 4 is 22.2 Å². The number of carbonyl (C=O) groups is 1. The molecule has 4 nitrogen and oxygen atoms in total. The number of nitrogens with two attached hydrogens (primary N) is 1. The molecule has 2 N–H and O–H groups in total. The Bertz CT molecular complexity index is 497. The third-order valence-electron chi connectivity index (χ3n) is 3.52. The number of carbonyl (C=O) groups excluding carboxylic acids is 1. The maximum absolute atomic E-state index is 11.0. The standard InChI is InChI=1S/C12H12BrNO3/c13-8-3-7(4-15)10-11(17-6-16-10)9(8)12(5-14)1-2-12/h3-4H,1-2,5-6,14H2. The van der Waals surface area contributed by atoms with Gasteiger partial charge in [0.05, 0.1) is 5.56 Å². The molecule has 90 valence electrons. The Balaban J connectivity index is 2.23. The van der Waals surface area contributed by atoms with Crippen molar-refractivity contribution in [2.24, 2.45) is 5.73 Å². The van der Waals surface area contributed by atoms with Crippen molar-refractivity contribution in [3.8, 4) is 11.5 Å². The van der Waals surface area contributed by atoms with Gasteiger partial charge < -0.3 is 15.2 Å². The Morgan fingerprint density at radius 3 is 2.71 bits per heavy atom. The van der Waals surface area contributed by atoms with Crippen LogP contribution in [0.3, 0.4) is 0 Å². The quantitative estimate of drug-likeness (QED) is 0.867. The van der Waals surface area contributed by atoms with Crippen molar-refractivity contribution in [2.75, 3.05) is 13.3 Å². The highest BCUT2D eigenvalue weighted by atomic mass is 79.9. The zero-order valence-corrected chi connectivity index (χ0v) is 10.7. The summed E-state index contributed by atoms with van der Waals surface area (Å²) in [6, 6.07) is 1.78. The minimum absolute atomic E-state index is 0.00195. The first-order valence-corrected chi connectivity index (χ1v) is 6.29. The molecule has 1 heterocycles. The summed E-state index contributed by atoms with van der Waals surface area (Å²) in [5, 5.41) is 0. The summed E-state index contributed by atoms with van der Waals surface area (Å²) < 4.78 is 11.8. The van der Waals surface area contributed by atoms with Gasteiger partial charge in [-0.3, -0.25) is 4.79 Å². The molecule has 0 amide bonds. The second-order valence-electron chi connectivity index (χ2n) is 4.49. The molecule has 0 atom stereocenters. The van der Waals surface area contributed by atoms with E-state index < -0.39 is 0 Å². The van der Waals surface area contributed by atoms with Crippen molar-refractivity contribution in [1.82, 2.24) is 0 Å². The predicted molar refractivity (Wildman–Crippen MR) is 65.6 cm³/mol. The van der Waals surface area contributed by atoms with Gasteiger partial charge in [0.25, 0.3) is 0 Å². The predicted octanol–water partition coefficient (Wildman–Crippen LogP) is 1.98. The Morgan fingerprint density at radius 1 is 1.41 bits per heavy atom. The molecule has 1 saturated carbocycles. The number of benzene rings is 1. The third kappa shape index (κ3) is 1.49. The molecule has 0 bridgehead atoms. The third-order valence-corrected chi connectivity index (χ3v) is 4.15. The van der Waals surface area contributed by atoms with Crippen LogP contribution in [0, 0.1) is 0 Å². The van der Waals surface area contributed by atoms with E-state index in [1.807, 2.05) is 0 Å². The number of aldehydes is 1. The van der Waals surface area contributed by atoms with Crippen molar-refractivity contribution in [2.45, 2.75) is 18.3 Å². The second-order valence-corrected chi connectivity index (χ2v) is 5.34. The lowest BCUT2D eigenvalue weighted by molar-refractivity contribution is 0.111. The van der Waals surface area contributed by atoms with Crippen LogP contribution in [0.15, 0.2) is 10.5 Å². The summed E-state index contributed by atoms with van der Waals surface area (Å²) in [6.45, 7) is 0.752. The van der Waals surface area contributed by atoms with Crippen molar-refractivity contribution in [3.05, 3.63) is 21.7 Å². The molecular formula is C12H12BrNO3. The average molecular weight is 298 g/mol. The van der Waals surface area contributed by atoms with E-state index in [-0.39, 0.29) is 12.2 Å². The first-order chi connectivity index (χ1) is 8.22. The molecule has 1 fully saturated rings. The largest absolute Gasteiger partial charge is 0.453 e. The Morgan fingerprint density at radius 2 is 2.12 bits per heavy atom.